The Morgan fingerprint density at radius 3 is 2.12 bits per heavy atom. The number of carbonyl (C=O) groups excluding carboxylic acids is 1. The van der Waals surface area contributed by atoms with Crippen molar-refractivity contribution in [3.63, 3.8) is 0 Å². The van der Waals surface area contributed by atoms with Gasteiger partial charge in [0.1, 0.15) is 13.2 Å². The van der Waals surface area contributed by atoms with E-state index < -0.39 is 21.3 Å². The minimum absolute atomic E-state index is 0. The van der Waals surface area contributed by atoms with Crippen molar-refractivity contribution in [3.05, 3.63) is 0 Å². The zero-order chi connectivity index (χ0) is 13.0. The van der Waals surface area contributed by atoms with Gasteiger partial charge < -0.3 is 21.6 Å². The molecule has 0 heterocycles. The van der Waals surface area contributed by atoms with E-state index in [1.54, 1.807) is 0 Å². The molecular weight excluding hydrogens is 270 g/mol. The van der Waals surface area contributed by atoms with Crippen LogP contribution >= 0.6 is 0 Å². The Hall–Kier alpha value is -0.370. The SMILES string of the molecule is CCC(C(=O)OCC[N+](C)(C)C)S(=O)(=O)O.[Cl-]. The van der Waals surface area contributed by atoms with Crippen LogP contribution in [0, 0.1) is 0 Å². The van der Waals surface area contributed by atoms with E-state index in [-0.39, 0.29) is 25.4 Å². The van der Waals surface area contributed by atoms with Crippen LogP contribution in [-0.2, 0) is 19.6 Å². The average Bonchev–Trinajstić information content (AvgIpc) is 1.99. The van der Waals surface area contributed by atoms with Crippen LogP contribution in [0.25, 0.3) is 0 Å². The van der Waals surface area contributed by atoms with Gasteiger partial charge in [-0.2, -0.15) is 8.42 Å². The fourth-order valence-electron chi connectivity index (χ4n) is 1.01. The van der Waals surface area contributed by atoms with Gasteiger partial charge in [-0.3, -0.25) is 9.35 Å². The highest BCUT2D eigenvalue weighted by molar-refractivity contribution is 7.87. The first-order chi connectivity index (χ1) is 7.08. The maximum Gasteiger partial charge on any atom is 0.327 e. The highest BCUT2D eigenvalue weighted by Crippen LogP contribution is 2.06. The summed E-state index contributed by atoms with van der Waals surface area (Å²) in [5, 5.41) is -1.47. The second-order valence-corrected chi connectivity index (χ2v) is 6.19. The molecule has 0 rings (SSSR count). The van der Waals surface area contributed by atoms with Gasteiger partial charge >= 0.3 is 5.97 Å². The summed E-state index contributed by atoms with van der Waals surface area (Å²) in [5.74, 6) is -0.890. The van der Waals surface area contributed by atoms with Gasteiger partial charge in [-0.15, -0.1) is 0 Å². The average molecular weight is 290 g/mol. The summed E-state index contributed by atoms with van der Waals surface area (Å²) >= 11 is 0. The minimum atomic E-state index is -4.36. The number of nitrogens with zero attached hydrogens (tertiary/aromatic N) is 1. The Balaban J connectivity index is 0. The second kappa shape index (κ2) is 7.15. The normalized spacial score (nSPS) is 13.7. The molecule has 0 saturated carbocycles. The van der Waals surface area contributed by atoms with Crippen molar-refractivity contribution in [2.75, 3.05) is 34.3 Å². The van der Waals surface area contributed by atoms with E-state index in [9.17, 15) is 13.2 Å². The Morgan fingerprint density at radius 2 is 1.82 bits per heavy atom. The standard InChI is InChI=1S/C9H19NO5S.ClH/c1-5-8(16(12,13)14)9(11)15-7-6-10(2,3)4;/h8H,5-7H2,1-4H3;1H. The first-order valence-electron chi connectivity index (χ1n) is 5.01. The molecule has 0 aromatic carbocycles. The van der Waals surface area contributed by atoms with E-state index in [0.29, 0.717) is 11.0 Å². The largest absolute Gasteiger partial charge is 1.00 e. The molecule has 1 atom stereocenters. The van der Waals surface area contributed by atoms with Gasteiger partial charge in [0.15, 0.2) is 5.25 Å². The zero-order valence-electron chi connectivity index (χ0n) is 10.5. The molecule has 0 saturated heterocycles. The molecule has 0 aliphatic heterocycles. The Labute approximate surface area is 109 Å². The molecule has 0 spiro atoms. The molecule has 104 valence electrons. The summed E-state index contributed by atoms with van der Waals surface area (Å²) in [6.45, 7) is 2.21. The molecule has 0 radical (unpaired) electrons. The van der Waals surface area contributed by atoms with Crippen molar-refractivity contribution in [2.24, 2.45) is 0 Å². The molecule has 0 aliphatic carbocycles. The van der Waals surface area contributed by atoms with E-state index in [2.05, 4.69) is 0 Å². The number of hydrogen-bond donors (Lipinski definition) is 1. The number of ether oxygens (including phenoxy) is 1. The van der Waals surface area contributed by atoms with Crippen LogP contribution in [0.2, 0.25) is 0 Å². The molecule has 0 aliphatic rings. The second-order valence-electron chi connectivity index (χ2n) is 4.59. The van der Waals surface area contributed by atoms with E-state index in [1.165, 1.54) is 6.92 Å². The number of halogens is 1. The molecule has 0 amide bonds. The summed E-state index contributed by atoms with van der Waals surface area (Å²) in [4.78, 5) is 11.3. The Kier molecular flexibility index (Phi) is 7.98. The summed E-state index contributed by atoms with van der Waals surface area (Å²) in [6.07, 6.45) is 0.00203. The van der Waals surface area contributed by atoms with Crippen molar-refractivity contribution in [1.82, 2.24) is 0 Å². The Morgan fingerprint density at radius 1 is 1.35 bits per heavy atom. The van der Waals surface area contributed by atoms with E-state index >= 15 is 0 Å². The predicted molar refractivity (Wildman–Crippen MR) is 59.5 cm³/mol. The summed E-state index contributed by atoms with van der Waals surface area (Å²) in [5.41, 5.74) is 0. The monoisotopic (exact) mass is 289 g/mol. The van der Waals surface area contributed by atoms with Crippen molar-refractivity contribution in [3.8, 4) is 0 Å². The van der Waals surface area contributed by atoms with Crippen LogP contribution in [0.15, 0.2) is 0 Å². The zero-order valence-corrected chi connectivity index (χ0v) is 12.1. The molecular formula is C9H20ClNO5S. The molecule has 6 nitrogen and oxygen atoms in total. The highest BCUT2D eigenvalue weighted by Gasteiger charge is 2.30. The van der Waals surface area contributed by atoms with Gasteiger partial charge in [0.05, 0.1) is 21.1 Å². The molecule has 0 bridgehead atoms. The summed E-state index contributed by atoms with van der Waals surface area (Å²) in [7, 11) is 1.41. The van der Waals surface area contributed by atoms with Crippen LogP contribution < -0.4 is 12.4 Å². The fourth-order valence-corrected chi connectivity index (χ4v) is 1.74. The lowest BCUT2D eigenvalue weighted by Gasteiger charge is -2.23. The predicted octanol–water partition coefficient (Wildman–Crippen LogP) is -3.09. The third-order valence-corrected chi connectivity index (χ3v) is 3.24. The van der Waals surface area contributed by atoms with Crippen LogP contribution in [0.1, 0.15) is 13.3 Å². The van der Waals surface area contributed by atoms with Gasteiger partial charge in [-0.25, -0.2) is 0 Å². The van der Waals surface area contributed by atoms with Crippen LogP contribution in [0.5, 0.6) is 0 Å². The molecule has 0 aromatic rings. The van der Waals surface area contributed by atoms with E-state index in [0.717, 1.165) is 0 Å². The first kappa shape index (κ1) is 19.0. The van der Waals surface area contributed by atoms with Gasteiger partial charge in [0, 0.05) is 0 Å². The van der Waals surface area contributed by atoms with Crippen molar-refractivity contribution in [1.29, 1.82) is 0 Å². The number of carbonyl (C=O) groups is 1. The van der Waals surface area contributed by atoms with Crippen molar-refractivity contribution >= 4 is 16.1 Å². The van der Waals surface area contributed by atoms with Crippen molar-refractivity contribution in [2.45, 2.75) is 18.6 Å². The third kappa shape index (κ3) is 8.37. The molecule has 0 aromatic heterocycles. The highest BCUT2D eigenvalue weighted by atomic mass is 35.5. The molecule has 17 heavy (non-hydrogen) atoms. The quantitative estimate of drug-likeness (QED) is 0.318. The number of quaternary nitrogens is 1. The van der Waals surface area contributed by atoms with E-state index in [1.807, 2.05) is 21.1 Å². The minimum Gasteiger partial charge on any atom is -1.00 e. The first-order valence-corrected chi connectivity index (χ1v) is 6.51. The van der Waals surface area contributed by atoms with Crippen LogP contribution in [0.3, 0.4) is 0 Å². The maximum atomic E-state index is 11.3. The fraction of sp³-hybridized carbons (Fsp3) is 0.889. The number of hydrogen-bond acceptors (Lipinski definition) is 4. The van der Waals surface area contributed by atoms with E-state index in [4.69, 9.17) is 9.29 Å². The topological polar surface area (TPSA) is 80.7 Å². The lowest BCUT2D eigenvalue weighted by atomic mass is 10.3. The molecule has 0 fully saturated rings. The lowest BCUT2D eigenvalue weighted by Crippen LogP contribution is -3.00. The lowest BCUT2D eigenvalue weighted by molar-refractivity contribution is -0.870. The van der Waals surface area contributed by atoms with Crippen LogP contribution in [0.4, 0.5) is 0 Å². The maximum absolute atomic E-state index is 11.3. The summed E-state index contributed by atoms with van der Waals surface area (Å²) < 4.78 is 35.8. The van der Waals surface area contributed by atoms with Crippen molar-refractivity contribution < 1.29 is 39.4 Å². The Bertz CT molecular complexity index is 336. The van der Waals surface area contributed by atoms with Crippen LogP contribution in [-0.4, -0.2) is 63.0 Å². The molecule has 8 heteroatoms. The number of likely N-dealkylation sites (N-methyl/N-ethyl adjacent to an activating group) is 1. The van der Waals surface area contributed by atoms with Gasteiger partial charge in [0.25, 0.3) is 10.1 Å². The van der Waals surface area contributed by atoms with Gasteiger partial charge in [-0.05, 0) is 6.42 Å². The molecule has 1 unspecified atom stereocenters. The smallest absolute Gasteiger partial charge is 0.327 e. The number of esters is 1. The molecule has 1 N–H and O–H groups in total. The third-order valence-electron chi connectivity index (χ3n) is 2.00. The number of rotatable bonds is 6. The summed E-state index contributed by atoms with van der Waals surface area (Å²) in [6, 6.07) is 0. The van der Waals surface area contributed by atoms with Gasteiger partial charge in [0.2, 0.25) is 0 Å². The van der Waals surface area contributed by atoms with Gasteiger partial charge in [-0.1, -0.05) is 6.92 Å².